The maximum Gasteiger partial charge on any atom is 0.265 e. The topological polar surface area (TPSA) is 106 Å². The van der Waals surface area contributed by atoms with Crippen LogP contribution in [0, 0.1) is 0 Å². The highest BCUT2D eigenvalue weighted by molar-refractivity contribution is 7.89. The van der Waals surface area contributed by atoms with Gasteiger partial charge in [0.15, 0.2) is 0 Å². The molecule has 2 unspecified atom stereocenters. The summed E-state index contributed by atoms with van der Waals surface area (Å²) in [6.07, 6.45) is 3.12. The Bertz CT molecular complexity index is 608. The normalized spacial score (nSPS) is 23.7. The van der Waals surface area contributed by atoms with Crippen LogP contribution in [0.4, 0.5) is 0 Å². The van der Waals surface area contributed by atoms with Gasteiger partial charge in [-0.3, -0.25) is 4.79 Å². The van der Waals surface area contributed by atoms with E-state index in [9.17, 15) is 13.2 Å². The molecular formula is C12H20N4O3S. The summed E-state index contributed by atoms with van der Waals surface area (Å²) >= 11 is 0. The molecule has 0 aromatic carbocycles. The van der Waals surface area contributed by atoms with Gasteiger partial charge in [-0.05, 0) is 32.4 Å². The smallest absolute Gasteiger partial charge is 0.265 e. The summed E-state index contributed by atoms with van der Waals surface area (Å²) in [6, 6.07) is 1.23. The standard InChI is InChI=1S/C12H20N4O3S/c1-8-10(4-3-5-14-8)15-20(18,19)9-6-11(12(13)17)16(2)7-9/h6-8,10,14-15H,3-5H2,1-2H3,(H2,13,17). The zero-order valence-electron chi connectivity index (χ0n) is 11.6. The highest BCUT2D eigenvalue weighted by atomic mass is 32.2. The van der Waals surface area contributed by atoms with E-state index in [1.165, 1.54) is 16.8 Å². The van der Waals surface area contributed by atoms with Crippen LogP contribution in [-0.4, -0.2) is 37.5 Å². The molecule has 0 radical (unpaired) electrons. The van der Waals surface area contributed by atoms with Gasteiger partial charge < -0.3 is 15.6 Å². The Morgan fingerprint density at radius 3 is 2.80 bits per heavy atom. The predicted octanol–water partition coefficient (Wildman–Crippen LogP) is -0.457. The van der Waals surface area contributed by atoms with Crippen molar-refractivity contribution in [2.45, 2.75) is 36.7 Å². The lowest BCUT2D eigenvalue weighted by molar-refractivity contribution is 0.0992. The number of sulfonamides is 1. The van der Waals surface area contributed by atoms with Gasteiger partial charge in [-0.2, -0.15) is 0 Å². The fourth-order valence-corrected chi connectivity index (χ4v) is 3.82. The van der Waals surface area contributed by atoms with E-state index in [4.69, 9.17) is 5.73 Å². The third kappa shape index (κ3) is 3.02. The van der Waals surface area contributed by atoms with E-state index in [1.807, 2.05) is 6.92 Å². The van der Waals surface area contributed by atoms with Gasteiger partial charge in [-0.15, -0.1) is 0 Å². The lowest BCUT2D eigenvalue weighted by Gasteiger charge is -2.30. The summed E-state index contributed by atoms with van der Waals surface area (Å²) < 4.78 is 28.8. The molecule has 4 N–H and O–H groups in total. The zero-order chi connectivity index (χ0) is 14.9. The number of nitrogens with zero attached hydrogens (tertiary/aromatic N) is 1. The Morgan fingerprint density at radius 1 is 1.55 bits per heavy atom. The molecule has 2 rings (SSSR count). The lowest BCUT2D eigenvalue weighted by Crippen LogP contribution is -2.51. The van der Waals surface area contributed by atoms with Crippen LogP contribution in [0.3, 0.4) is 0 Å². The van der Waals surface area contributed by atoms with E-state index in [1.54, 1.807) is 7.05 Å². The minimum absolute atomic E-state index is 0.0616. The number of piperidine rings is 1. The molecule has 2 heterocycles. The first-order valence-electron chi connectivity index (χ1n) is 6.53. The Balaban J connectivity index is 2.22. The first kappa shape index (κ1) is 15.0. The summed E-state index contributed by atoms with van der Waals surface area (Å²) in [5, 5.41) is 3.23. The third-order valence-electron chi connectivity index (χ3n) is 3.61. The largest absolute Gasteiger partial charge is 0.364 e. The molecule has 0 saturated carbocycles. The molecule has 8 heteroatoms. The van der Waals surface area contributed by atoms with Crippen LogP contribution in [-0.2, 0) is 17.1 Å². The maximum absolute atomic E-state index is 12.3. The number of rotatable bonds is 4. The number of nitrogens with one attached hydrogen (secondary N) is 2. The molecule has 1 fully saturated rings. The van der Waals surface area contributed by atoms with E-state index in [-0.39, 0.29) is 22.7 Å². The van der Waals surface area contributed by atoms with Gasteiger partial charge in [0.1, 0.15) is 10.6 Å². The Kier molecular flexibility index (Phi) is 4.17. The van der Waals surface area contributed by atoms with Crippen LogP contribution in [0.25, 0.3) is 0 Å². The molecule has 0 bridgehead atoms. The molecule has 1 aliphatic rings. The van der Waals surface area contributed by atoms with E-state index < -0.39 is 15.9 Å². The Labute approximate surface area is 118 Å². The van der Waals surface area contributed by atoms with Gasteiger partial charge in [0.25, 0.3) is 5.91 Å². The SMILES string of the molecule is CC1NCCCC1NS(=O)(=O)c1cc(C(N)=O)n(C)c1. The third-order valence-corrected chi connectivity index (χ3v) is 5.07. The minimum atomic E-state index is -3.65. The van der Waals surface area contributed by atoms with Gasteiger partial charge >= 0.3 is 0 Å². The molecule has 1 saturated heterocycles. The molecule has 112 valence electrons. The van der Waals surface area contributed by atoms with E-state index in [0.29, 0.717) is 0 Å². The van der Waals surface area contributed by atoms with E-state index in [0.717, 1.165) is 19.4 Å². The highest BCUT2D eigenvalue weighted by Crippen LogP contribution is 2.16. The van der Waals surface area contributed by atoms with Crippen LogP contribution < -0.4 is 15.8 Å². The van der Waals surface area contributed by atoms with Crippen LogP contribution in [0.2, 0.25) is 0 Å². The molecule has 7 nitrogen and oxygen atoms in total. The minimum Gasteiger partial charge on any atom is -0.364 e. The van der Waals surface area contributed by atoms with E-state index in [2.05, 4.69) is 10.0 Å². The number of primary amides is 1. The fourth-order valence-electron chi connectivity index (χ4n) is 2.40. The number of carbonyl (C=O) groups is 1. The summed E-state index contributed by atoms with van der Waals surface area (Å²) in [5.41, 5.74) is 5.36. The second-order valence-corrected chi connectivity index (χ2v) is 6.86. The van der Waals surface area contributed by atoms with Crippen LogP contribution in [0.15, 0.2) is 17.2 Å². The number of amides is 1. The van der Waals surface area contributed by atoms with Crippen LogP contribution in [0.5, 0.6) is 0 Å². The Morgan fingerprint density at radius 2 is 2.25 bits per heavy atom. The van der Waals surface area contributed by atoms with Gasteiger partial charge in [0.05, 0.1) is 0 Å². The molecule has 2 atom stereocenters. The van der Waals surface area contributed by atoms with Crippen molar-refractivity contribution in [1.82, 2.24) is 14.6 Å². The van der Waals surface area contributed by atoms with Crippen molar-refractivity contribution in [2.75, 3.05) is 6.54 Å². The molecular weight excluding hydrogens is 280 g/mol. The molecule has 0 aliphatic carbocycles. The van der Waals surface area contributed by atoms with Crippen LogP contribution >= 0.6 is 0 Å². The van der Waals surface area contributed by atoms with Crippen molar-refractivity contribution in [3.05, 3.63) is 18.0 Å². The molecule has 0 spiro atoms. The number of hydrogen-bond donors (Lipinski definition) is 3. The highest BCUT2D eigenvalue weighted by Gasteiger charge is 2.27. The van der Waals surface area contributed by atoms with Gasteiger partial charge in [-0.1, -0.05) is 0 Å². The summed E-state index contributed by atoms with van der Waals surface area (Å²) in [7, 11) is -2.06. The Hall–Kier alpha value is -1.38. The van der Waals surface area contributed by atoms with Crippen molar-refractivity contribution < 1.29 is 13.2 Å². The van der Waals surface area contributed by atoms with Gasteiger partial charge in [-0.25, -0.2) is 13.1 Å². The quantitative estimate of drug-likeness (QED) is 0.699. The average molecular weight is 300 g/mol. The summed E-state index contributed by atoms with van der Waals surface area (Å²) in [6.45, 7) is 2.85. The molecule has 1 aliphatic heterocycles. The first-order chi connectivity index (χ1) is 9.31. The predicted molar refractivity (Wildman–Crippen MR) is 74.7 cm³/mol. The zero-order valence-corrected chi connectivity index (χ0v) is 12.4. The average Bonchev–Trinajstić information content (AvgIpc) is 2.75. The lowest BCUT2D eigenvalue weighted by atomic mass is 10.0. The second kappa shape index (κ2) is 5.55. The molecule has 1 aromatic rings. The van der Waals surface area contributed by atoms with Crippen LogP contribution in [0.1, 0.15) is 30.3 Å². The monoisotopic (exact) mass is 300 g/mol. The van der Waals surface area contributed by atoms with E-state index >= 15 is 0 Å². The molecule has 1 aromatic heterocycles. The number of nitrogens with two attached hydrogens (primary N) is 1. The molecule has 20 heavy (non-hydrogen) atoms. The fraction of sp³-hybridized carbons (Fsp3) is 0.583. The van der Waals surface area contributed by atoms with Crippen molar-refractivity contribution >= 4 is 15.9 Å². The van der Waals surface area contributed by atoms with Gasteiger partial charge in [0, 0.05) is 25.3 Å². The van der Waals surface area contributed by atoms with Gasteiger partial charge in [0.2, 0.25) is 10.0 Å². The summed E-state index contributed by atoms with van der Waals surface area (Å²) in [4.78, 5) is 11.2. The first-order valence-corrected chi connectivity index (χ1v) is 8.01. The number of aromatic nitrogens is 1. The number of hydrogen-bond acceptors (Lipinski definition) is 4. The van der Waals surface area contributed by atoms with Crippen molar-refractivity contribution in [3.63, 3.8) is 0 Å². The number of aryl methyl sites for hydroxylation is 1. The van der Waals surface area contributed by atoms with Crippen molar-refractivity contribution in [3.8, 4) is 0 Å². The molecule has 1 amide bonds. The van der Waals surface area contributed by atoms with Crippen molar-refractivity contribution in [1.29, 1.82) is 0 Å². The second-order valence-electron chi connectivity index (χ2n) is 5.15. The number of carbonyl (C=O) groups excluding carboxylic acids is 1. The van der Waals surface area contributed by atoms with Crippen molar-refractivity contribution in [2.24, 2.45) is 12.8 Å². The summed E-state index contributed by atoms with van der Waals surface area (Å²) in [5.74, 6) is -0.651. The maximum atomic E-state index is 12.3.